The lowest BCUT2D eigenvalue weighted by molar-refractivity contribution is -0.125. The third-order valence-electron chi connectivity index (χ3n) is 3.80. The van der Waals surface area contributed by atoms with Crippen LogP contribution >= 0.6 is 0 Å². The van der Waals surface area contributed by atoms with E-state index in [0.717, 1.165) is 12.0 Å². The molecule has 0 aliphatic heterocycles. The van der Waals surface area contributed by atoms with Crippen LogP contribution in [-0.2, 0) is 4.79 Å². The Bertz CT molecular complexity index is 585. The van der Waals surface area contributed by atoms with Crippen LogP contribution in [0.4, 0.5) is 0 Å². The summed E-state index contributed by atoms with van der Waals surface area (Å²) in [7, 11) is 0. The van der Waals surface area contributed by atoms with E-state index in [4.69, 9.17) is 5.73 Å². The lowest BCUT2D eigenvalue weighted by Gasteiger charge is -2.20. The fourth-order valence-electron chi connectivity index (χ4n) is 2.50. The second-order valence-corrected chi connectivity index (χ2v) is 5.14. The number of rotatable bonds is 5. The molecular formula is C17H22N2O. The van der Waals surface area contributed by atoms with Crippen molar-refractivity contribution in [3.05, 3.63) is 48.0 Å². The van der Waals surface area contributed by atoms with Crippen molar-refractivity contribution in [2.24, 2.45) is 11.7 Å². The normalized spacial score (nSPS) is 13.9. The molecule has 0 saturated heterocycles. The first-order valence-electron chi connectivity index (χ1n) is 7.15. The predicted molar refractivity (Wildman–Crippen MR) is 83.3 cm³/mol. The van der Waals surface area contributed by atoms with Crippen molar-refractivity contribution in [3.63, 3.8) is 0 Å². The van der Waals surface area contributed by atoms with Gasteiger partial charge in [-0.1, -0.05) is 49.4 Å². The zero-order valence-electron chi connectivity index (χ0n) is 12.1. The maximum Gasteiger partial charge on any atom is 0.224 e. The molecule has 0 fully saturated rings. The van der Waals surface area contributed by atoms with Gasteiger partial charge in [-0.2, -0.15) is 0 Å². The quantitative estimate of drug-likeness (QED) is 0.877. The molecule has 20 heavy (non-hydrogen) atoms. The van der Waals surface area contributed by atoms with E-state index in [0.29, 0.717) is 6.54 Å². The Labute approximate surface area is 120 Å². The molecule has 0 aromatic heterocycles. The zero-order chi connectivity index (χ0) is 14.5. The number of carbonyl (C=O) groups is 1. The van der Waals surface area contributed by atoms with Crippen LogP contribution in [0, 0.1) is 5.92 Å². The molecule has 2 atom stereocenters. The number of nitrogens with one attached hydrogen (secondary N) is 1. The molecule has 0 aliphatic carbocycles. The van der Waals surface area contributed by atoms with Crippen molar-refractivity contribution in [2.45, 2.75) is 26.3 Å². The average molecular weight is 270 g/mol. The monoisotopic (exact) mass is 270 g/mol. The number of benzene rings is 2. The first-order valence-corrected chi connectivity index (χ1v) is 7.15. The van der Waals surface area contributed by atoms with Gasteiger partial charge in [-0.25, -0.2) is 0 Å². The minimum Gasteiger partial charge on any atom is -0.349 e. The molecule has 2 unspecified atom stereocenters. The molecule has 0 radical (unpaired) electrons. The van der Waals surface area contributed by atoms with Gasteiger partial charge in [0.1, 0.15) is 0 Å². The largest absolute Gasteiger partial charge is 0.349 e. The summed E-state index contributed by atoms with van der Waals surface area (Å²) in [5.41, 5.74) is 6.77. The molecule has 3 nitrogen and oxygen atoms in total. The van der Waals surface area contributed by atoms with Gasteiger partial charge in [-0.15, -0.1) is 0 Å². The third kappa shape index (κ3) is 2.99. The number of nitrogens with two attached hydrogens (primary N) is 1. The molecule has 3 N–H and O–H groups in total. The van der Waals surface area contributed by atoms with Crippen LogP contribution in [0.25, 0.3) is 10.8 Å². The van der Waals surface area contributed by atoms with Crippen LogP contribution in [0.3, 0.4) is 0 Å². The highest BCUT2D eigenvalue weighted by molar-refractivity contribution is 5.87. The van der Waals surface area contributed by atoms with Crippen LogP contribution in [0.1, 0.15) is 31.9 Å². The van der Waals surface area contributed by atoms with Crippen molar-refractivity contribution in [3.8, 4) is 0 Å². The van der Waals surface area contributed by atoms with Gasteiger partial charge in [-0.3, -0.25) is 4.79 Å². The summed E-state index contributed by atoms with van der Waals surface area (Å²) < 4.78 is 0. The van der Waals surface area contributed by atoms with Crippen molar-refractivity contribution in [1.82, 2.24) is 5.32 Å². The Hall–Kier alpha value is -1.87. The van der Waals surface area contributed by atoms with Crippen molar-refractivity contribution in [2.75, 3.05) is 6.54 Å². The Kier molecular flexibility index (Phi) is 4.74. The molecule has 2 aromatic carbocycles. The van der Waals surface area contributed by atoms with E-state index >= 15 is 0 Å². The van der Waals surface area contributed by atoms with E-state index in [-0.39, 0.29) is 17.9 Å². The molecular weight excluding hydrogens is 248 g/mol. The van der Waals surface area contributed by atoms with Gasteiger partial charge in [-0.05, 0) is 29.7 Å². The Morgan fingerprint density at radius 2 is 1.90 bits per heavy atom. The molecule has 106 valence electrons. The topological polar surface area (TPSA) is 55.1 Å². The Morgan fingerprint density at radius 1 is 1.20 bits per heavy atom. The summed E-state index contributed by atoms with van der Waals surface area (Å²) in [6.07, 6.45) is 0.768. The molecule has 2 rings (SSSR count). The molecule has 0 spiro atoms. The second-order valence-electron chi connectivity index (χ2n) is 5.14. The SMILES string of the molecule is CCC(CN)C(=O)NC(C)c1cccc2ccccc12. The summed E-state index contributed by atoms with van der Waals surface area (Å²) in [4.78, 5) is 12.1. The lowest BCUT2D eigenvalue weighted by Crippen LogP contribution is -2.36. The fraction of sp³-hybridized carbons (Fsp3) is 0.353. The highest BCUT2D eigenvalue weighted by Gasteiger charge is 2.18. The van der Waals surface area contributed by atoms with Gasteiger partial charge in [0.05, 0.1) is 6.04 Å². The van der Waals surface area contributed by atoms with E-state index in [9.17, 15) is 4.79 Å². The summed E-state index contributed by atoms with van der Waals surface area (Å²) in [6.45, 7) is 4.40. The van der Waals surface area contributed by atoms with Crippen LogP contribution in [0.15, 0.2) is 42.5 Å². The van der Waals surface area contributed by atoms with Crippen molar-refractivity contribution >= 4 is 16.7 Å². The fourth-order valence-corrected chi connectivity index (χ4v) is 2.50. The van der Waals surface area contributed by atoms with Crippen LogP contribution in [-0.4, -0.2) is 12.5 Å². The van der Waals surface area contributed by atoms with Gasteiger partial charge < -0.3 is 11.1 Å². The van der Waals surface area contributed by atoms with Crippen LogP contribution in [0.2, 0.25) is 0 Å². The smallest absolute Gasteiger partial charge is 0.224 e. The van der Waals surface area contributed by atoms with Crippen LogP contribution < -0.4 is 11.1 Å². The Balaban J connectivity index is 2.23. The standard InChI is InChI=1S/C17H22N2O/c1-3-13(11-18)17(20)19-12(2)15-10-6-8-14-7-4-5-9-16(14)15/h4-10,12-13H,3,11,18H2,1-2H3,(H,19,20). The van der Waals surface area contributed by atoms with E-state index < -0.39 is 0 Å². The molecule has 0 saturated carbocycles. The molecule has 0 heterocycles. The van der Waals surface area contributed by atoms with Crippen molar-refractivity contribution in [1.29, 1.82) is 0 Å². The summed E-state index contributed by atoms with van der Waals surface area (Å²) in [6, 6.07) is 14.4. The molecule has 0 bridgehead atoms. The predicted octanol–water partition coefficient (Wildman–Crippen LogP) is 3.00. The molecule has 1 amide bonds. The van der Waals surface area contributed by atoms with Gasteiger partial charge in [0.2, 0.25) is 5.91 Å². The summed E-state index contributed by atoms with van der Waals surface area (Å²) in [5, 5.41) is 5.45. The van der Waals surface area contributed by atoms with Gasteiger partial charge in [0.15, 0.2) is 0 Å². The van der Waals surface area contributed by atoms with Crippen LogP contribution in [0.5, 0.6) is 0 Å². The number of amides is 1. The van der Waals surface area contributed by atoms with E-state index in [1.807, 2.05) is 32.0 Å². The van der Waals surface area contributed by atoms with Gasteiger partial charge in [0.25, 0.3) is 0 Å². The minimum atomic E-state index is -0.104. The third-order valence-corrected chi connectivity index (χ3v) is 3.80. The van der Waals surface area contributed by atoms with E-state index in [1.54, 1.807) is 0 Å². The molecule has 2 aromatic rings. The van der Waals surface area contributed by atoms with Crippen molar-refractivity contribution < 1.29 is 4.79 Å². The number of hydrogen-bond donors (Lipinski definition) is 2. The summed E-state index contributed by atoms with van der Waals surface area (Å²) in [5.74, 6) is -0.0668. The average Bonchev–Trinajstić information content (AvgIpc) is 2.47. The Morgan fingerprint density at radius 3 is 2.60 bits per heavy atom. The van der Waals surface area contributed by atoms with Gasteiger partial charge >= 0.3 is 0 Å². The lowest BCUT2D eigenvalue weighted by atomic mass is 9.98. The van der Waals surface area contributed by atoms with Gasteiger partial charge in [0, 0.05) is 12.5 Å². The summed E-state index contributed by atoms with van der Waals surface area (Å²) >= 11 is 0. The highest BCUT2D eigenvalue weighted by atomic mass is 16.1. The first-order chi connectivity index (χ1) is 9.67. The molecule has 3 heteroatoms. The minimum absolute atomic E-state index is 0.0193. The highest BCUT2D eigenvalue weighted by Crippen LogP contribution is 2.24. The molecule has 0 aliphatic rings. The number of hydrogen-bond acceptors (Lipinski definition) is 2. The second kappa shape index (κ2) is 6.53. The maximum atomic E-state index is 12.1. The van der Waals surface area contributed by atoms with E-state index in [1.165, 1.54) is 10.8 Å². The van der Waals surface area contributed by atoms with E-state index in [2.05, 4.69) is 29.6 Å². The first kappa shape index (κ1) is 14.5. The number of carbonyl (C=O) groups excluding carboxylic acids is 1. The number of fused-ring (bicyclic) bond motifs is 1. The maximum absolute atomic E-state index is 12.1. The zero-order valence-corrected chi connectivity index (χ0v) is 12.1.